The maximum absolute atomic E-state index is 15.8. The second kappa shape index (κ2) is 8.78. The molecule has 0 aromatic carbocycles. The number of halogens is 3. The van der Waals surface area contributed by atoms with Gasteiger partial charge < -0.3 is 15.6 Å². The van der Waals surface area contributed by atoms with Gasteiger partial charge in [0.1, 0.15) is 11.9 Å². The third-order valence-corrected chi connectivity index (χ3v) is 8.49. The monoisotopic (exact) mass is 497 g/mol. The van der Waals surface area contributed by atoms with Crippen LogP contribution in [0.25, 0.3) is 5.57 Å². The summed E-state index contributed by atoms with van der Waals surface area (Å²) in [6, 6.07) is 1.54. The number of alkyl halides is 2. The van der Waals surface area contributed by atoms with Crippen LogP contribution in [0.15, 0.2) is 21.5 Å². The van der Waals surface area contributed by atoms with Gasteiger partial charge in [0.05, 0.1) is 28.9 Å². The Morgan fingerprint density at radius 3 is 2.68 bits per heavy atom. The van der Waals surface area contributed by atoms with Crippen molar-refractivity contribution in [3.8, 4) is 0 Å². The van der Waals surface area contributed by atoms with Crippen molar-refractivity contribution in [1.82, 2.24) is 9.55 Å². The molecule has 0 aliphatic heterocycles. The second-order valence-corrected chi connectivity index (χ2v) is 10.4. The van der Waals surface area contributed by atoms with E-state index in [0.29, 0.717) is 30.6 Å². The van der Waals surface area contributed by atoms with Crippen LogP contribution in [0.4, 0.5) is 13.2 Å². The molecule has 11 heteroatoms. The van der Waals surface area contributed by atoms with Crippen LogP contribution in [0.5, 0.6) is 0 Å². The van der Waals surface area contributed by atoms with Crippen LogP contribution in [-0.4, -0.2) is 40.8 Å². The molecule has 2 aromatic rings. The van der Waals surface area contributed by atoms with Gasteiger partial charge in [-0.1, -0.05) is 0 Å². The van der Waals surface area contributed by atoms with Crippen molar-refractivity contribution >= 4 is 16.9 Å². The number of nitrogens with one attached hydrogen (secondary N) is 1. The van der Waals surface area contributed by atoms with Crippen LogP contribution in [0.3, 0.4) is 0 Å². The Labute approximate surface area is 197 Å². The predicted molar refractivity (Wildman–Crippen MR) is 121 cm³/mol. The van der Waals surface area contributed by atoms with E-state index in [1.54, 1.807) is 6.07 Å². The molecule has 2 aromatic heterocycles. The number of nitrogens with zero attached hydrogens (tertiary/aromatic N) is 1. The number of methoxy groups -OCH3 is 1. The number of allylic oxidation sites excluding steroid dienone is 1. The number of hydrogen-bond acceptors (Lipinski definition) is 6. The Hall–Kier alpha value is -2.21. The van der Waals surface area contributed by atoms with E-state index in [1.165, 1.54) is 23.0 Å². The zero-order valence-electron chi connectivity index (χ0n) is 18.5. The van der Waals surface area contributed by atoms with Crippen LogP contribution in [-0.2, 0) is 17.6 Å². The van der Waals surface area contributed by atoms with Gasteiger partial charge in [-0.25, -0.2) is 18.0 Å². The highest BCUT2D eigenvalue weighted by molar-refractivity contribution is 7.12. The summed E-state index contributed by atoms with van der Waals surface area (Å²) < 4.78 is 51.2. The summed E-state index contributed by atoms with van der Waals surface area (Å²) in [6.07, 6.45) is -1.73. The molecule has 2 heterocycles. The van der Waals surface area contributed by atoms with Gasteiger partial charge in [0.2, 0.25) is 0 Å². The van der Waals surface area contributed by atoms with Gasteiger partial charge in [0.25, 0.3) is 12.0 Å². The van der Waals surface area contributed by atoms with Gasteiger partial charge in [0, 0.05) is 29.5 Å². The number of thiophene rings is 1. The lowest BCUT2D eigenvalue weighted by Crippen LogP contribution is -2.40. The van der Waals surface area contributed by atoms with Crippen molar-refractivity contribution in [2.24, 2.45) is 11.7 Å². The zero-order chi connectivity index (χ0) is 24.3. The summed E-state index contributed by atoms with van der Waals surface area (Å²) in [7, 11) is 1.33. The Balaban J connectivity index is 1.68. The van der Waals surface area contributed by atoms with Crippen molar-refractivity contribution in [1.29, 1.82) is 0 Å². The molecule has 0 amide bonds. The smallest absolute Gasteiger partial charge is 0.328 e. The lowest BCUT2D eigenvalue weighted by atomic mass is 9.81. The molecule has 184 valence electrons. The van der Waals surface area contributed by atoms with E-state index in [9.17, 15) is 23.5 Å². The number of aliphatic hydroxyl groups excluding tert-OH is 1. The minimum absolute atomic E-state index is 0.0169. The van der Waals surface area contributed by atoms with Crippen molar-refractivity contribution in [2.75, 3.05) is 13.7 Å². The first-order valence-electron chi connectivity index (χ1n) is 11.4. The zero-order valence-corrected chi connectivity index (χ0v) is 19.3. The number of aromatic nitrogens is 2. The van der Waals surface area contributed by atoms with Crippen LogP contribution in [0.2, 0.25) is 0 Å². The first-order valence-corrected chi connectivity index (χ1v) is 12.2. The molecule has 4 N–H and O–H groups in total. The molecule has 3 aliphatic rings. The Morgan fingerprint density at radius 2 is 2.06 bits per heavy atom. The third-order valence-electron chi connectivity index (χ3n) is 7.17. The minimum Gasteiger partial charge on any atom is -0.392 e. The normalized spacial score (nSPS) is 25.4. The summed E-state index contributed by atoms with van der Waals surface area (Å²) in [4.78, 5) is 28.9. The standard InChI is InChI=1S/C23H26F3N3O4S/c1-33-20-15(14-7-10-6-9(12(30)8-27)2-5-13(10)34-14)18(24)16(21(25)26)17-19(20)29(11-3-4-11)23(32)28-22(17)31/h7,9,11-12,15,20-21,30H,2-6,8,27H2,1H3,(H,28,31,32). The first-order chi connectivity index (χ1) is 16.3. The highest BCUT2D eigenvalue weighted by Gasteiger charge is 2.46. The maximum atomic E-state index is 15.8. The van der Waals surface area contributed by atoms with E-state index in [1.807, 2.05) is 0 Å². The number of aliphatic hydroxyl groups is 1. The Morgan fingerprint density at radius 1 is 1.32 bits per heavy atom. The summed E-state index contributed by atoms with van der Waals surface area (Å²) >= 11 is 1.33. The molecule has 1 fully saturated rings. The van der Waals surface area contributed by atoms with E-state index < -0.39 is 52.8 Å². The summed E-state index contributed by atoms with van der Waals surface area (Å²) in [5.41, 5.74) is 3.34. The largest absolute Gasteiger partial charge is 0.392 e. The van der Waals surface area contributed by atoms with E-state index in [4.69, 9.17) is 10.5 Å². The third kappa shape index (κ3) is 3.69. The molecule has 0 spiro atoms. The first kappa shape index (κ1) is 23.5. The van der Waals surface area contributed by atoms with Gasteiger partial charge in [-0.15, -0.1) is 11.3 Å². The molecule has 7 nitrogen and oxygen atoms in total. The molecular weight excluding hydrogens is 471 g/mol. The van der Waals surface area contributed by atoms with E-state index in [2.05, 4.69) is 4.98 Å². The van der Waals surface area contributed by atoms with Gasteiger partial charge in [-0.2, -0.15) is 0 Å². The molecule has 0 radical (unpaired) electrons. The predicted octanol–water partition coefficient (Wildman–Crippen LogP) is 2.79. The van der Waals surface area contributed by atoms with Crippen LogP contribution in [0.1, 0.15) is 63.9 Å². The average molecular weight is 498 g/mol. The average Bonchev–Trinajstić information content (AvgIpc) is 3.55. The molecule has 5 rings (SSSR count). The molecule has 0 saturated heterocycles. The van der Waals surface area contributed by atoms with E-state index in [-0.39, 0.29) is 24.2 Å². The Bertz CT molecular complexity index is 1260. The SMILES string of the molecule is COC1c2c(c(=O)[nH]c(=O)n2C2CC2)C(C(F)F)=C(F)C1c1cc2c(s1)CCC(C(O)CN)C2. The number of ether oxygens (including phenoxy) is 1. The highest BCUT2D eigenvalue weighted by Crippen LogP contribution is 2.53. The number of H-pyrrole nitrogens is 1. The highest BCUT2D eigenvalue weighted by atomic mass is 32.1. The molecule has 0 bridgehead atoms. The Kier molecular flexibility index (Phi) is 6.07. The van der Waals surface area contributed by atoms with E-state index in [0.717, 1.165) is 16.9 Å². The fourth-order valence-corrected chi connectivity index (χ4v) is 6.70. The second-order valence-electron chi connectivity index (χ2n) is 9.22. The van der Waals surface area contributed by atoms with Gasteiger partial charge >= 0.3 is 5.69 Å². The molecule has 1 saturated carbocycles. The van der Waals surface area contributed by atoms with E-state index >= 15 is 4.39 Å². The number of aromatic amines is 1. The van der Waals surface area contributed by atoms with Crippen LogP contribution in [0, 0.1) is 5.92 Å². The minimum atomic E-state index is -3.25. The molecule has 4 atom stereocenters. The van der Waals surface area contributed by atoms with Gasteiger partial charge in [-0.3, -0.25) is 14.3 Å². The number of aryl methyl sites for hydroxylation is 1. The molecule has 4 unspecified atom stereocenters. The van der Waals surface area contributed by atoms with Crippen molar-refractivity contribution in [3.63, 3.8) is 0 Å². The lowest BCUT2D eigenvalue weighted by molar-refractivity contribution is 0.0710. The summed E-state index contributed by atoms with van der Waals surface area (Å²) in [5, 5.41) is 10.2. The molecule has 34 heavy (non-hydrogen) atoms. The summed E-state index contributed by atoms with van der Waals surface area (Å²) in [5.74, 6) is -2.35. The molecular formula is C23H26F3N3O4S. The fourth-order valence-electron chi connectivity index (χ4n) is 5.36. The van der Waals surface area contributed by atoms with Crippen LogP contribution < -0.4 is 17.0 Å². The number of hydrogen-bond donors (Lipinski definition) is 3. The fraction of sp³-hybridized carbons (Fsp3) is 0.565. The van der Waals surface area contributed by atoms with Crippen molar-refractivity contribution < 1.29 is 23.0 Å². The lowest BCUT2D eigenvalue weighted by Gasteiger charge is -2.33. The van der Waals surface area contributed by atoms with Crippen molar-refractivity contribution in [2.45, 2.75) is 62.7 Å². The van der Waals surface area contributed by atoms with Crippen LogP contribution >= 0.6 is 11.3 Å². The quantitative estimate of drug-likeness (QED) is 0.569. The summed E-state index contributed by atoms with van der Waals surface area (Å²) in [6.45, 7) is 0.143. The number of rotatable bonds is 6. The van der Waals surface area contributed by atoms with Crippen molar-refractivity contribution in [3.05, 3.63) is 59.3 Å². The number of fused-ring (bicyclic) bond motifs is 2. The number of nitrogens with two attached hydrogens (primary N) is 1. The topological polar surface area (TPSA) is 110 Å². The van der Waals surface area contributed by atoms with Gasteiger partial charge in [0.15, 0.2) is 0 Å². The maximum Gasteiger partial charge on any atom is 0.328 e. The van der Waals surface area contributed by atoms with Gasteiger partial charge in [-0.05, 0) is 49.7 Å². The molecule has 3 aliphatic carbocycles.